The summed E-state index contributed by atoms with van der Waals surface area (Å²) in [5.74, 6) is 0.731. The molecule has 0 spiro atoms. The first-order valence-electron chi connectivity index (χ1n) is 4.57. The van der Waals surface area contributed by atoms with Gasteiger partial charge in [0.1, 0.15) is 15.8 Å². The third-order valence-electron chi connectivity index (χ3n) is 1.58. The number of fused-ring (bicyclic) bond motifs is 1. The fraction of sp³-hybridized carbons (Fsp3) is 0.400. The third-order valence-corrected chi connectivity index (χ3v) is 2.81. The van der Waals surface area contributed by atoms with Crippen molar-refractivity contribution in [1.29, 1.82) is 0 Å². The van der Waals surface area contributed by atoms with Crippen LogP contribution < -0.4 is 0 Å². The summed E-state index contributed by atoms with van der Waals surface area (Å²) in [6.07, 6.45) is 0. The van der Waals surface area contributed by atoms with E-state index in [0.717, 1.165) is 16.0 Å². The molecule has 2 aromatic heterocycles. The van der Waals surface area contributed by atoms with Crippen LogP contribution in [0.3, 0.4) is 0 Å². The molecule has 0 radical (unpaired) electrons. The lowest BCUT2D eigenvalue weighted by Gasteiger charge is -1.93. The summed E-state index contributed by atoms with van der Waals surface area (Å²) >= 11 is 7.58. The van der Waals surface area contributed by atoms with Gasteiger partial charge in [0.25, 0.3) is 0 Å². The van der Waals surface area contributed by atoms with Crippen LogP contribution in [-0.4, -0.2) is 9.97 Å². The van der Waals surface area contributed by atoms with Gasteiger partial charge in [0.05, 0.1) is 0 Å². The first-order valence-corrected chi connectivity index (χ1v) is 5.76. The molecule has 0 saturated carbocycles. The van der Waals surface area contributed by atoms with Crippen molar-refractivity contribution in [3.8, 4) is 0 Å². The summed E-state index contributed by atoms with van der Waals surface area (Å²) in [7, 11) is 0. The normalized spacial score (nSPS) is 9.79. The molecule has 0 atom stereocenters. The standard InChI is InChI=1S/C8H7ClN2S.C2H6/c1-4-3-6-7(9)10-5(2)11-8(6)12-4;1-2/h3H,1-2H3;1-2H3. The molecule has 0 aliphatic heterocycles. The van der Waals surface area contributed by atoms with Gasteiger partial charge in [-0.3, -0.25) is 0 Å². The smallest absolute Gasteiger partial charge is 0.141 e. The SMILES string of the molecule is CC.Cc1nc(Cl)c2cc(C)sc2n1. The van der Waals surface area contributed by atoms with Gasteiger partial charge in [-0.05, 0) is 19.9 Å². The van der Waals surface area contributed by atoms with Crippen molar-refractivity contribution in [3.63, 3.8) is 0 Å². The Labute approximate surface area is 93.0 Å². The van der Waals surface area contributed by atoms with Crippen molar-refractivity contribution in [2.75, 3.05) is 0 Å². The van der Waals surface area contributed by atoms with Gasteiger partial charge in [0.2, 0.25) is 0 Å². The molecule has 0 saturated heterocycles. The van der Waals surface area contributed by atoms with E-state index >= 15 is 0 Å². The predicted octanol–water partition coefficient (Wildman–Crippen LogP) is 3.99. The molecule has 2 nitrogen and oxygen atoms in total. The molecule has 0 bridgehead atoms. The second-order valence-corrected chi connectivity index (χ2v) is 4.23. The molecule has 0 aromatic carbocycles. The highest BCUT2D eigenvalue weighted by atomic mass is 35.5. The summed E-state index contributed by atoms with van der Waals surface area (Å²) in [5.41, 5.74) is 0. The molecule has 0 aliphatic rings. The van der Waals surface area contributed by atoms with Crippen molar-refractivity contribution >= 4 is 33.2 Å². The molecule has 2 rings (SSSR count). The van der Waals surface area contributed by atoms with E-state index in [1.165, 1.54) is 4.88 Å². The molecular formula is C10H13ClN2S. The van der Waals surface area contributed by atoms with Crippen molar-refractivity contribution in [3.05, 3.63) is 21.9 Å². The number of halogens is 1. The molecule has 4 heteroatoms. The fourth-order valence-corrected chi connectivity index (χ4v) is 2.35. The first-order chi connectivity index (χ1) is 6.66. The Bertz CT molecular complexity index is 437. The zero-order valence-electron chi connectivity index (χ0n) is 8.76. The third kappa shape index (κ3) is 2.22. The average molecular weight is 229 g/mol. The molecule has 2 aromatic rings. The highest BCUT2D eigenvalue weighted by Crippen LogP contribution is 2.27. The first kappa shape index (κ1) is 11.4. The highest BCUT2D eigenvalue weighted by molar-refractivity contribution is 7.18. The van der Waals surface area contributed by atoms with Crippen LogP contribution in [0.2, 0.25) is 5.15 Å². The molecule has 0 amide bonds. The van der Waals surface area contributed by atoms with Gasteiger partial charge in [-0.2, -0.15) is 0 Å². The molecule has 0 fully saturated rings. The number of aromatic nitrogens is 2. The maximum atomic E-state index is 5.93. The minimum absolute atomic E-state index is 0.557. The van der Waals surface area contributed by atoms with Gasteiger partial charge in [-0.25, -0.2) is 9.97 Å². The molecule has 76 valence electrons. The van der Waals surface area contributed by atoms with Gasteiger partial charge >= 0.3 is 0 Å². The van der Waals surface area contributed by atoms with Crippen molar-refractivity contribution in [2.45, 2.75) is 27.7 Å². The molecular weight excluding hydrogens is 216 g/mol. The summed E-state index contributed by atoms with van der Waals surface area (Å²) in [6, 6.07) is 2.02. The molecule has 14 heavy (non-hydrogen) atoms. The average Bonchev–Trinajstić information content (AvgIpc) is 2.49. The van der Waals surface area contributed by atoms with Crippen LogP contribution in [0.4, 0.5) is 0 Å². The number of nitrogens with zero attached hydrogens (tertiary/aromatic N) is 2. The number of thiophene rings is 1. The van der Waals surface area contributed by atoms with Crippen LogP contribution in [0.5, 0.6) is 0 Å². The Kier molecular flexibility index (Phi) is 3.84. The lowest BCUT2D eigenvalue weighted by molar-refractivity contribution is 1.10. The second kappa shape index (κ2) is 4.71. The Morgan fingerprint density at radius 2 is 1.86 bits per heavy atom. The zero-order valence-corrected chi connectivity index (χ0v) is 10.3. The molecule has 0 N–H and O–H groups in total. The number of hydrogen-bond donors (Lipinski definition) is 0. The van der Waals surface area contributed by atoms with Crippen LogP contribution in [0.15, 0.2) is 6.07 Å². The summed E-state index contributed by atoms with van der Waals surface area (Å²) in [4.78, 5) is 10.5. The number of aryl methyl sites for hydroxylation is 2. The van der Waals surface area contributed by atoms with Crippen LogP contribution in [-0.2, 0) is 0 Å². The van der Waals surface area contributed by atoms with E-state index in [9.17, 15) is 0 Å². The van der Waals surface area contributed by atoms with E-state index in [1.54, 1.807) is 11.3 Å². The van der Waals surface area contributed by atoms with Gasteiger partial charge in [-0.15, -0.1) is 11.3 Å². The number of hydrogen-bond acceptors (Lipinski definition) is 3. The minimum Gasteiger partial charge on any atom is -0.222 e. The van der Waals surface area contributed by atoms with E-state index in [1.807, 2.05) is 33.8 Å². The van der Waals surface area contributed by atoms with Gasteiger partial charge in [0, 0.05) is 10.3 Å². The van der Waals surface area contributed by atoms with E-state index < -0.39 is 0 Å². The predicted molar refractivity (Wildman–Crippen MR) is 63.2 cm³/mol. The Balaban J connectivity index is 0.000000461. The Morgan fingerprint density at radius 1 is 1.21 bits per heavy atom. The van der Waals surface area contributed by atoms with Crippen LogP contribution in [0, 0.1) is 13.8 Å². The van der Waals surface area contributed by atoms with E-state index in [4.69, 9.17) is 11.6 Å². The van der Waals surface area contributed by atoms with E-state index in [0.29, 0.717) is 5.15 Å². The zero-order chi connectivity index (χ0) is 10.7. The van der Waals surface area contributed by atoms with Gasteiger partial charge in [0.15, 0.2) is 0 Å². The quantitative estimate of drug-likeness (QED) is 0.638. The highest BCUT2D eigenvalue weighted by Gasteiger charge is 2.05. The lowest BCUT2D eigenvalue weighted by atomic mass is 10.4. The summed E-state index contributed by atoms with van der Waals surface area (Å²) in [5, 5.41) is 1.52. The maximum absolute atomic E-state index is 5.93. The topological polar surface area (TPSA) is 25.8 Å². The van der Waals surface area contributed by atoms with Crippen LogP contribution in [0.25, 0.3) is 10.2 Å². The second-order valence-electron chi connectivity index (χ2n) is 2.64. The maximum Gasteiger partial charge on any atom is 0.141 e. The summed E-state index contributed by atoms with van der Waals surface area (Å²) in [6.45, 7) is 7.89. The molecule has 2 heterocycles. The lowest BCUT2D eigenvalue weighted by Crippen LogP contribution is -1.86. The summed E-state index contributed by atoms with van der Waals surface area (Å²) < 4.78 is 0. The van der Waals surface area contributed by atoms with Crippen LogP contribution in [0.1, 0.15) is 24.5 Å². The van der Waals surface area contributed by atoms with Crippen molar-refractivity contribution in [1.82, 2.24) is 9.97 Å². The minimum atomic E-state index is 0.557. The molecule has 0 aliphatic carbocycles. The largest absolute Gasteiger partial charge is 0.222 e. The van der Waals surface area contributed by atoms with Gasteiger partial charge < -0.3 is 0 Å². The van der Waals surface area contributed by atoms with Gasteiger partial charge in [-0.1, -0.05) is 25.4 Å². The van der Waals surface area contributed by atoms with Crippen molar-refractivity contribution < 1.29 is 0 Å². The number of rotatable bonds is 0. The van der Waals surface area contributed by atoms with E-state index in [2.05, 4.69) is 9.97 Å². The van der Waals surface area contributed by atoms with Crippen LogP contribution >= 0.6 is 22.9 Å². The van der Waals surface area contributed by atoms with Crippen molar-refractivity contribution in [2.24, 2.45) is 0 Å². The molecule has 0 unspecified atom stereocenters. The fourth-order valence-electron chi connectivity index (χ4n) is 1.11. The monoisotopic (exact) mass is 228 g/mol. The Morgan fingerprint density at radius 3 is 2.50 bits per heavy atom. The Hall–Kier alpha value is -0.670. The van der Waals surface area contributed by atoms with E-state index in [-0.39, 0.29) is 0 Å².